The summed E-state index contributed by atoms with van der Waals surface area (Å²) in [5, 5.41) is 7.29. The maximum atomic E-state index is 12.7. The van der Waals surface area contributed by atoms with Gasteiger partial charge in [-0.1, -0.05) is 24.3 Å². The molecule has 1 aromatic carbocycles. The Bertz CT molecular complexity index is 817. The smallest absolute Gasteiger partial charge is 0.257 e. The molecule has 1 amide bonds. The van der Waals surface area contributed by atoms with Crippen molar-refractivity contribution in [2.24, 2.45) is 7.05 Å². The van der Waals surface area contributed by atoms with Crippen LogP contribution in [0.1, 0.15) is 34.5 Å². The van der Waals surface area contributed by atoms with Gasteiger partial charge >= 0.3 is 0 Å². The van der Waals surface area contributed by atoms with Gasteiger partial charge in [0.15, 0.2) is 0 Å². The average Bonchev–Trinajstić information content (AvgIpc) is 3.16. The van der Waals surface area contributed by atoms with Crippen LogP contribution in [0.4, 0.5) is 0 Å². The summed E-state index contributed by atoms with van der Waals surface area (Å²) in [5.74, 6) is 0.627. The van der Waals surface area contributed by atoms with Gasteiger partial charge in [-0.3, -0.25) is 9.48 Å². The molecule has 3 rings (SSSR count). The van der Waals surface area contributed by atoms with Gasteiger partial charge in [-0.25, -0.2) is 0 Å². The molecule has 0 aliphatic heterocycles. The summed E-state index contributed by atoms with van der Waals surface area (Å²) in [6.07, 6.45) is 5.41. The summed E-state index contributed by atoms with van der Waals surface area (Å²) < 4.78 is 3.59. The predicted molar refractivity (Wildman–Crippen MR) is 89.6 cm³/mol. The number of carbonyl (C=O) groups excluding carboxylic acids is 1. The standard InChI is InChI=1S/C18H20N4O/c1-13-8-4-5-9-15(13)14(2)20-17(23)16-12-19-21(3)18(16)22-10-6-7-11-22/h4-12,14H,1-3H3,(H,20,23). The first kappa shape index (κ1) is 15.1. The number of aromatic nitrogens is 3. The molecule has 0 spiro atoms. The molecule has 2 heterocycles. The predicted octanol–water partition coefficient (Wildman–Crippen LogP) is 3.01. The molecule has 0 fully saturated rings. The first-order chi connectivity index (χ1) is 11.1. The van der Waals surface area contributed by atoms with Crippen molar-refractivity contribution >= 4 is 5.91 Å². The van der Waals surface area contributed by atoms with Gasteiger partial charge in [-0.05, 0) is 37.1 Å². The number of rotatable bonds is 4. The van der Waals surface area contributed by atoms with Crippen LogP contribution in [0.3, 0.4) is 0 Å². The Hall–Kier alpha value is -2.82. The Labute approximate surface area is 135 Å². The molecule has 1 atom stereocenters. The number of benzene rings is 1. The molecule has 3 aromatic rings. The number of hydrogen-bond acceptors (Lipinski definition) is 2. The van der Waals surface area contributed by atoms with Crippen LogP contribution in [0, 0.1) is 6.92 Å². The summed E-state index contributed by atoms with van der Waals surface area (Å²) in [6.45, 7) is 4.04. The molecule has 0 saturated heterocycles. The minimum absolute atomic E-state index is 0.0681. The Morgan fingerprint density at radius 2 is 1.87 bits per heavy atom. The van der Waals surface area contributed by atoms with Crippen molar-refractivity contribution in [1.29, 1.82) is 0 Å². The van der Waals surface area contributed by atoms with E-state index in [9.17, 15) is 4.79 Å². The largest absolute Gasteiger partial charge is 0.345 e. The van der Waals surface area contributed by atoms with Crippen molar-refractivity contribution in [3.05, 3.63) is 71.7 Å². The fourth-order valence-corrected chi connectivity index (χ4v) is 2.80. The third kappa shape index (κ3) is 2.90. The van der Waals surface area contributed by atoms with Gasteiger partial charge in [-0.15, -0.1) is 0 Å². The van der Waals surface area contributed by atoms with E-state index in [4.69, 9.17) is 0 Å². The number of nitrogens with zero attached hydrogens (tertiary/aromatic N) is 3. The molecule has 0 aliphatic carbocycles. The molecule has 2 aromatic heterocycles. The molecule has 0 aliphatic rings. The van der Waals surface area contributed by atoms with Crippen LogP contribution >= 0.6 is 0 Å². The van der Waals surface area contributed by atoms with Crippen LogP contribution in [-0.2, 0) is 7.05 Å². The lowest BCUT2D eigenvalue weighted by atomic mass is 10.0. The van der Waals surface area contributed by atoms with Crippen molar-refractivity contribution in [3.8, 4) is 5.82 Å². The van der Waals surface area contributed by atoms with E-state index in [1.54, 1.807) is 10.9 Å². The summed E-state index contributed by atoms with van der Waals surface area (Å²) in [7, 11) is 1.83. The van der Waals surface area contributed by atoms with E-state index in [1.807, 2.05) is 74.3 Å². The minimum atomic E-state index is -0.127. The van der Waals surface area contributed by atoms with E-state index in [1.165, 1.54) is 0 Å². The highest BCUT2D eigenvalue weighted by Gasteiger charge is 2.19. The monoisotopic (exact) mass is 308 g/mol. The Morgan fingerprint density at radius 3 is 2.57 bits per heavy atom. The van der Waals surface area contributed by atoms with Crippen LogP contribution in [0.25, 0.3) is 5.82 Å². The third-order valence-corrected chi connectivity index (χ3v) is 4.00. The number of amides is 1. The third-order valence-electron chi connectivity index (χ3n) is 4.00. The first-order valence-corrected chi connectivity index (χ1v) is 7.59. The molecular formula is C18H20N4O. The number of aryl methyl sites for hydroxylation is 2. The molecule has 23 heavy (non-hydrogen) atoms. The van der Waals surface area contributed by atoms with Gasteiger partial charge in [0.05, 0.1) is 12.2 Å². The quantitative estimate of drug-likeness (QED) is 0.805. The second-order valence-electron chi connectivity index (χ2n) is 5.65. The van der Waals surface area contributed by atoms with Crippen molar-refractivity contribution < 1.29 is 4.79 Å². The second kappa shape index (κ2) is 6.12. The number of nitrogens with one attached hydrogen (secondary N) is 1. The molecule has 1 unspecified atom stereocenters. The number of hydrogen-bond donors (Lipinski definition) is 1. The van der Waals surface area contributed by atoms with Crippen molar-refractivity contribution in [3.63, 3.8) is 0 Å². The van der Waals surface area contributed by atoms with Gasteiger partial charge in [0.1, 0.15) is 11.4 Å². The Morgan fingerprint density at radius 1 is 1.17 bits per heavy atom. The fraction of sp³-hybridized carbons (Fsp3) is 0.222. The Kier molecular flexibility index (Phi) is 4.02. The van der Waals surface area contributed by atoms with E-state index in [2.05, 4.69) is 10.4 Å². The average molecular weight is 308 g/mol. The zero-order valence-corrected chi connectivity index (χ0v) is 13.5. The minimum Gasteiger partial charge on any atom is -0.345 e. The van der Waals surface area contributed by atoms with Crippen LogP contribution in [0.2, 0.25) is 0 Å². The van der Waals surface area contributed by atoms with Gasteiger partial charge in [-0.2, -0.15) is 5.10 Å². The lowest BCUT2D eigenvalue weighted by molar-refractivity contribution is 0.0939. The van der Waals surface area contributed by atoms with Crippen LogP contribution in [0.5, 0.6) is 0 Å². The van der Waals surface area contributed by atoms with E-state index in [0.717, 1.165) is 16.9 Å². The maximum absolute atomic E-state index is 12.7. The lowest BCUT2D eigenvalue weighted by Crippen LogP contribution is -2.27. The highest BCUT2D eigenvalue weighted by molar-refractivity contribution is 5.97. The van der Waals surface area contributed by atoms with E-state index in [-0.39, 0.29) is 11.9 Å². The Balaban J connectivity index is 1.86. The molecule has 5 heteroatoms. The van der Waals surface area contributed by atoms with Crippen molar-refractivity contribution in [2.45, 2.75) is 19.9 Å². The van der Waals surface area contributed by atoms with Crippen LogP contribution in [0.15, 0.2) is 55.0 Å². The second-order valence-corrected chi connectivity index (χ2v) is 5.65. The van der Waals surface area contributed by atoms with E-state index >= 15 is 0 Å². The van der Waals surface area contributed by atoms with Gasteiger partial charge in [0.2, 0.25) is 0 Å². The molecule has 0 bridgehead atoms. The molecular weight excluding hydrogens is 288 g/mol. The molecule has 0 radical (unpaired) electrons. The van der Waals surface area contributed by atoms with Crippen molar-refractivity contribution in [2.75, 3.05) is 0 Å². The van der Waals surface area contributed by atoms with Gasteiger partial charge in [0, 0.05) is 19.4 Å². The first-order valence-electron chi connectivity index (χ1n) is 7.59. The molecule has 118 valence electrons. The van der Waals surface area contributed by atoms with Crippen LogP contribution < -0.4 is 5.32 Å². The van der Waals surface area contributed by atoms with Crippen molar-refractivity contribution in [1.82, 2.24) is 19.7 Å². The fourth-order valence-electron chi connectivity index (χ4n) is 2.80. The van der Waals surface area contributed by atoms with Crippen LogP contribution in [-0.4, -0.2) is 20.3 Å². The summed E-state index contributed by atoms with van der Waals surface area (Å²) in [6, 6.07) is 11.8. The highest BCUT2D eigenvalue weighted by atomic mass is 16.1. The lowest BCUT2D eigenvalue weighted by Gasteiger charge is -2.17. The summed E-state index contributed by atoms with van der Waals surface area (Å²) in [4.78, 5) is 12.7. The van der Waals surface area contributed by atoms with E-state index < -0.39 is 0 Å². The maximum Gasteiger partial charge on any atom is 0.257 e. The molecule has 0 saturated carbocycles. The summed E-state index contributed by atoms with van der Waals surface area (Å²) in [5.41, 5.74) is 2.84. The SMILES string of the molecule is Cc1ccccc1C(C)NC(=O)c1cnn(C)c1-n1cccc1. The highest BCUT2D eigenvalue weighted by Crippen LogP contribution is 2.19. The topological polar surface area (TPSA) is 51.9 Å². The van der Waals surface area contributed by atoms with E-state index in [0.29, 0.717) is 5.56 Å². The molecule has 1 N–H and O–H groups in total. The van der Waals surface area contributed by atoms with Gasteiger partial charge < -0.3 is 9.88 Å². The zero-order chi connectivity index (χ0) is 16.4. The molecule has 5 nitrogen and oxygen atoms in total. The normalized spacial score (nSPS) is 12.1. The number of carbonyl (C=O) groups is 1. The summed E-state index contributed by atoms with van der Waals surface area (Å²) >= 11 is 0. The zero-order valence-electron chi connectivity index (χ0n) is 13.5. The van der Waals surface area contributed by atoms with Gasteiger partial charge in [0.25, 0.3) is 5.91 Å².